The predicted octanol–water partition coefficient (Wildman–Crippen LogP) is 0.646. The molecule has 1 aromatic carbocycles. The number of carbonyl (C=O) groups excluding carboxylic acids is 2. The topological polar surface area (TPSA) is 83.5 Å². The van der Waals surface area contributed by atoms with Crippen LogP contribution in [0, 0.1) is 0 Å². The van der Waals surface area contributed by atoms with Crippen molar-refractivity contribution in [2.45, 2.75) is 18.2 Å². The zero-order chi connectivity index (χ0) is 15.3. The van der Waals surface area contributed by atoms with Crippen LogP contribution in [0.5, 0.6) is 0 Å². The molecule has 0 saturated carbocycles. The summed E-state index contributed by atoms with van der Waals surface area (Å²) in [7, 11) is -0.439. The lowest BCUT2D eigenvalue weighted by atomic mass is 10.2. The number of hydrogen-bond donors (Lipinski definition) is 1. The fourth-order valence-electron chi connectivity index (χ4n) is 1.47. The Labute approximate surface area is 118 Å². The number of amides is 1. The third-order valence-corrected chi connectivity index (χ3v) is 4.18. The van der Waals surface area contributed by atoms with Crippen LogP contribution in [0.15, 0.2) is 29.2 Å². The minimum atomic E-state index is -3.66. The number of Topliss-reactive ketones (excluding diaryl/α,β-unsaturated/α-hetero) is 1. The number of nitrogens with one attached hydrogen (secondary N) is 1. The van der Waals surface area contributed by atoms with E-state index in [2.05, 4.69) is 4.72 Å². The first-order chi connectivity index (χ1) is 9.24. The minimum absolute atomic E-state index is 0.0355. The van der Waals surface area contributed by atoms with Crippen LogP contribution in [-0.2, 0) is 14.8 Å². The summed E-state index contributed by atoms with van der Waals surface area (Å²) in [5, 5.41) is 0. The Kier molecular flexibility index (Phi) is 5.41. The highest BCUT2D eigenvalue weighted by atomic mass is 32.2. The van der Waals surface area contributed by atoms with E-state index >= 15 is 0 Å². The molecule has 0 fully saturated rings. The van der Waals surface area contributed by atoms with Crippen molar-refractivity contribution in [2.75, 3.05) is 20.6 Å². The second-order valence-corrected chi connectivity index (χ2v) is 6.28. The lowest BCUT2D eigenvalue weighted by Crippen LogP contribution is -2.30. The SMILES string of the molecule is CC(=O)c1ccc(S(=O)(=O)NCCC(=O)N(C)C)cc1. The van der Waals surface area contributed by atoms with Crippen molar-refractivity contribution in [1.82, 2.24) is 9.62 Å². The molecule has 1 amide bonds. The zero-order valence-corrected chi connectivity index (χ0v) is 12.5. The van der Waals surface area contributed by atoms with Crippen molar-refractivity contribution in [3.05, 3.63) is 29.8 Å². The molecule has 0 aliphatic carbocycles. The molecule has 0 unspecified atom stereocenters. The van der Waals surface area contributed by atoms with Crippen LogP contribution in [-0.4, -0.2) is 45.6 Å². The van der Waals surface area contributed by atoms with Gasteiger partial charge in [-0.15, -0.1) is 0 Å². The van der Waals surface area contributed by atoms with Gasteiger partial charge >= 0.3 is 0 Å². The number of benzene rings is 1. The number of sulfonamides is 1. The number of hydrogen-bond acceptors (Lipinski definition) is 4. The number of nitrogens with zero attached hydrogens (tertiary/aromatic N) is 1. The molecule has 1 aromatic rings. The van der Waals surface area contributed by atoms with Crippen LogP contribution >= 0.6 is 0 Å². The Hall–Kier alpha value is -1.73. The molecule has 7 heteroatoms. The van der Waals surface area contributed by atoms with Gasteiger partial charge in [-0.25, -0.2) is 13.1 Å². The largest absolute Gasteiger partial charge is 0.349 e. The predicted molar refractivity (Wildman–Crippen MR) is 74.9 cm³/mol. The third kappa shape index (κ3) is 4.43. The van der Waals surface area contributed by atoms with Gasteiger partial charge in [0.25, 0.3) is 0 Å². The van der Waals surface area contributed by atoms with E-state index < -0.39 is 10.0 Å². The summed E-state index contributed by atoms with van der Waals surface area (Å²) in [4.78, 5) is 23.9. The monoisotopic (exact) mass is 298 g/mol. The Balaban J connectivity index is 2.69. The van der Waals surface area contributed by atoms with Crippen molar-refractivity contribution < 1.29 is 18.0 Å². The van der Waals surface area contributed by atoms with E-state index in [-0.39, 0.29) is 29.6 Å². The quantitative estimate of drug-likeness (QED) is 0.781. The first-order valence-corrected chi connectivity index (χ1v) is 7.53. The highest BCUT2D eigenvalue weighted by Crippen LogP contribution is 2.10. The van der Waals surface area contributed by atoms with Crippen LogP contribution in [0.25, 0.3) is 0 Å². The maximum Gasteiger partial charge on any atom is 0.240 e. The van der Waals surface area contributed by atoms with Crippen LogP contribution in [0.1, 0.15) is 23.7 Å². The summed E-state index contributed by atoms with van der Waals surface area (Å²) in [6, 6.07) is 5.66. The van der Waals surface area contributed by atoms with Gasteiger partial charge in [-0.2, -0.15) is 0 Å². The molecule has 0 aromatic heterocycles. The standard InChI is InChI=1S/C13H18N2O4S/c1-10(16)11-4-6-12(7-5-11)20(18,19)14-9-8-13(17)15(2)3/h4-7,14H,8-9H2,1-3H3. The Morgan fingerprint density at radius 3 is 2.15 bits per heavy atom. The molecule has 6 nitrogen and oxygen atoms in total. The summed E-state index contributed by atoms with van der Waals surface area (Å²) in [6.45, 7) is 1.45. The lowest BCUT2D eigenvalue weighted by molar-refractivity contribution is -0.128. The molecular formula is C13H18N2O4S. The maximum atomic E-state index is 11.9. The normalized spacial score (nSPS) is 11.2. The van der Waals surface area contributed by atoms with Gasteiger partial charge in [0, 0.05) is 32.6 Å². The van der Waals surface area contributed by atoms with E-state index in [9.17, 15) is 18.0 Å². The Morgan fingerprint density at radius 1 is 1.15 bits per heavy atom. The van der Waals surface area contributed by atoms with Gasteiger partial charge in [0.2, 0.25) is 15.9 Å². The van der Waals surface area contributed by atoms with Gasteiger partial charge in [-0.1, -0.05) is 12.1 Å². The van der Waals surface area contributed by atoms with Crippen molar-refractivity contribution in [3.8, 4) is 0 Å². The van der Waals surface area contributed by atoms with Crippen LogP contribution in [0.2, 0.25) is 0 Å². The van der Waals surface area contributed by atoms with Gasteiger partial charge in [0.1, 0.15) is 0 Å². The molecule has 0 aliphatic heterocycles. The van der Waals surface area contributed by atoms with Crippen molar-refractivity contribution in [2.24, 2.45) is 0 Å². The van der Waals surface area contributed by atoms with Crippen LogP contribution in [0.3, 0.4) is 0 Å². The number of rotatable bonds is 6. The molecule has 0 bridgehead atoms. The average Bonchev–Trinajstić information content (AvgIpc) is 2.38. The van der Waals surface area contributed by atoms with Crippen molar-refractivity contribution >= 4 is 21.7 Å². The van der Waals surface area contributed by atoms with E-state index in [1.807, 2.05) is 0 Å². The molecule has 0 aliphatic rings. The van der Waals surface area contributed by atoms with Gasteiger partial charge in [-0.3, -0.25) is 9.59 Å². The summed E-state index contributed by atoms with van der Waals surface area (Å²) in [5.41, 5.74) is 0.451. The van der Waals surface area contributed by atoms with E-state index in [0.717, 1.165) is 0 Å². The third-order valence-electron chi connectivity index (χ3n) is 2.70. The smallest absolute Gasteiger partial charge is 0.240 e. The van der Waals surface area contributed by atoms with E-state index in [1.54, 1.807) is 14.1 Å². The van der Waals surface area contributed by atoms with Gasteiger partial charge < -0.3 is 4.90 Å². The zero-order valence-electron chi connectivity index (χ0n) is 11.7. The minimum Gasteiger partial charge on any atom is -0.349 e. The highest BCUT2D eigenvalue weighted by molar-refractivity contribution is 7.89. The second-order valence-electron chi connectivity index (χ2n) is 4.52. The number of ketones is 1. The molecule has 1 rings (SSSR count). The second kappa shape index (κ2) is 6.62. The summed E-state index contributed by atoms with van der Waals surface area (Å²) in [6.07, 6.45) is 0.0950. The van der Waals surface area contributed by atoms with Gasteiger partial charge in [0.05, 0.1) is 4.90 Å². The van der Waals surface area contributed by atoms with Crippen molar-refractivity contribution in [3.63, 3.8) is 0 Å². The molecule has 110 valence electrons. The molecule has 20 heavy (non-hydrogen) atoms. The highest BCUT2D eigenvalue weighted by Gasteiger charge is 2.14. The van der Waals surface area contributed by atoms with Gasteiger partial charge in [-0.05, 0) is 19.1 Å². The Morgan fingerprint density at radius 2 is 1.70 bits per heavy atom. The van der Waals surface area contributed by atoms with E-state index in [4.69, 9.17) is 0 Å². The first kappa shape index (κ1) is 16.3. The van der Waals surface area contributed by atoms with Crippen LogP contribution < -0.4 is 4.72 Å². The number of carbonyl (C=O) groups is 2. The molecule has 0 heterocycles. The average molecular weight is 298 g/mol. The fourth-order valence-corrected chi connectivity index (χ4v) is 2.50. The van der Waals surface area contributed by atoms with Gasteiger partial charge in [0.15, 0.2) is 5.78 Å². The molecular weight excluding hydrogens is 280 g/mol. The van der Waals surface area contributed by atoms with Crippen LogP contribution in [0.4, 0.5) is 0 Å². The van der Waals surface area contributed by atoms with E-state index in [1.165, 1.54) is 36.1 Å². The molecule has 0 saturated heterocycles. The summed E-state index contributed by atoms with van der Waals surface area (Å²) >= 11 is 0. The summed E-state index contributed by atoms with van der Waals surface area (Å²) in [5.74, 6) is -0.280. The van der Waals surface area contributed by atoms with Crippen molar-refractivity contribution in [1.29, 1.82) is 0 Å². The molecule has 1 N–H and O–H groups in total. The lowest BCUT2D eigenvalue weighted by Gasteiger charge is -2.11. The van der Waals surface area contributed by atoms with E-state index in [0.29, 0.717) is 5.56 Å². The Bertz CT molecular complexity index is 591. The fraction of sp³-hybridized carbons (Fsp3) is 0.385. The summed E-state index contributed by atoms with van der Waals surface area (Å²) < 4.78 is 26.2. The maximum absolute atomic E-state index is 11.9. The first-order valence-electron chi connectivity index (χ1n) is 6.05. The molecule has 0 atom stereocenters. The molecule has 0 radical (unpaired) electrons. The molecule has 0 spiro atoms.